The average Bonchev–Trinajstić information content (AvgIpc) is 2.72. The molecule has 0 amide bonds. The van der Waals surface area contributed by atoms with E-state index in [1.54, 1.807) is 0 Å². The average molecular weight is 207 g/mol. The second-order valence-electron chi connectivity index (χ2n) is 4.65. The van der Waals surface area contributed by atoms with E-state index in [0.29, 0.717) is 6.54 Å². The molecule has 0 unspecified atom stereocenters. The summed E-state index contributed by atoms with van der Waals surface area (Å²) in [6, 6.07) is 2.00. The minimum absolute atomic E-state index is 0.101. The summed E-state index contributed by atoms with van der Waals surface area (Å²) in [6.07, 6.45) is 13.0. The number of hydrogen-bond acceptors (Lipinski definition) is 2. The van der Waals surface area contributed by atoms with E-state index >= 15 is 0 Å². The topological polar surface area (TPSA) is 43.8 Å². The van der Waals surface area contributed by atoms with E-state index in [1.807, 2.05) is 12.3 Å². The van der Waals surface area contributed by atoms with Gasteiger partial charge in [0.25, 0.3) is 0 Å². The highest BCUT2D eigenvalue weighted by atomic mass is 15.3. The molecule has 0 aliphatic heterocycles. The lowest BCUT2D eigenvalue weighted by Gasteiger charge is -2.34. The molecule has 1 aliphatic carbocycles. The highest BCUT2D eigenvalue weighted by Gasteiger charge is 2.30. The van der Waals surface area contributed by atoms with Crippen LogP contribution >= 0.6 is 0 Å². The van der Waals surface area contributed by atoms with Crippen LogP contribution in [0, 0.1) is 0 Å². The molecule has 0 spiro atoms. The van der Waals surface area contributed by atoms with Crippen LogP contribution in [0.25, 0.3) is 0 Å². The van der Waals surface area contributed by atoms with Gasteiger partial charge in [0.1, 0.15) is 0 Å². The van der Waals surface area contributed by atoms with Crippen LogP contribution in [0.4, 0.5) is 0 Å². The van der Waals surface area contributed by atoms with Crippen LogP contribution in [0.3, 0.4) is 0 Å². The zero-order valence-corrected chi connectivity index (χ0v) is 9.36. The molecule has 3 nitrogen and oxygen atoms in total. The van der Waals surface area contributed by atoms with E-state index in [1.165, 1.54) is 44.9 Å². The molecule has 3 heteroatoms. The van der Waals surface area contributed by atoms with E-state index in [9.17, 15) is 0 Å². The van der Waals surface area contributed by atoms with Crippen LogP contribution in [0.1, 0.15) is 44.9 Å². The third-order valence-electron chi connectivity index (χ3n) is 3.65. The van der Waals surface area contributed by atoms with Crippen molar-refractivity contribution in [3.63, 3.8) is 0 Å². The predicted molar refractivity (Wildman–Crippen MR) is 61.6 cm³/mol. The minimum atomic E-state index is 0.101. The Morgan fingerprint density at radius 3 is 2.33 bits per heavy atom. The molecule has 2 N–H and O–H groups in total. The Kier molecular flexibility index (Phi) is 3.41. The Bertz CT molecular complexity index is 271. The maximum atomic E-state index is 5.99. The molecule has 1 aromatic heterocycles. The van der Waals surface area contributed by atoms with Crippen LogP contribution in [0.2, 0.25) is 0 Å². The molecular formula is C12H21N3. The molecule has 1 heterocycles. The second-order valence-corrected chi connectivity index (χ2v) is 4.65. The Morgan fingerprint density at radius 1 is 1.13 bits per heavy atom. The van der Waals surface area contributed by atoms with Gasteiger partial charge in [-0.25, -0.2) is 0 Å². The van der Waals surface area contributed by atoms with Gasteiger partial charge in [-0.3, -0.25) is 4.68 Å². The molecule has 0 aromatic carbocycles. The maximum absolute atomic E-state index is 5.99. The SMILES string of the molecule is NCC1(n2cccn2)CCCCCCC1. The Hall–Kier alpha value is -0.830. The van der Waals surface area contributed by atoms with Crippen LogP contribution < -0.4 is 5.73 Å². The number of rotatable bonds is 2. The largest absolute Gasteiger partial charge is 0.328 e. The van der Waals surface area contributed by atoms with Gasteiger partial charge in [0.2, 0.25) is 0 Å². The molecule has 1 fully saturated rings. The lowest BCUT2D eigenvalue weighted by Crippen LogP contribution is -2.42. The van der Waals surface area contributed by atoms with Crippen LogP contribution in [0.5, 0.6) is 0 Å². The molecule has 1 aliphatic rings. The van der Waals surface area contributed by atoms with Crippen molar-refractivity contribution in [2.45, 2.75) is 50.5 Å². The van der Waals surface area contributed by atoms with Crippen molar-refractivity contribution in [2.24, 2.45) is 5.73 Å². The zero-order chi connectivity index (χ0) is 10.6. The summed E-state index contributed by atoms with van der Waals surface area (Å²) in [4.78, 5) is 0. The molecule has 15 heavy (non-hydrogen) atoms. The van der Waals surface area contributed by atoms with Gasteiger partial charge in [0, 0.05) is 18.9 Å². The zero-order valence-electron chi connectivity index (χ0n) is 9.36. The lowest BCUT2D eigenvalue weighted by molar-refractivity contribution is 0.200. The summed E-state index contributed by atoms with van der Waals surface area (Å²) >= 11 is 0. The first-order valence-electron chi connectivity index (χ1n) is 6.08. The normalized spacial score (nSPS) is 21.9. The van der Waals surface area contributed by atoms with Gasteiger partial charge < -0.3 is 5.73 Å². The fraction of sp³-hybridized carbons (Fsp3) is 0.750. The van der Waals surface area contributed by atoms with E-state index in [4.69, 9.17) is 5.73 Å². The summed E-state index contributed by atoms with van der Waals surface area (Å²) < 4.78 is 2.10. The Labute approximate surface area is 91.7 Å². The Balaban J connectivity index is 2.17. The number of nitrogens with zero attached hydrogens (tertiary/aromatic N) is 2. The van der Waals surface area contributed by atoms with E-state index in [-0.39, 0.29) is 5.54 Å². The summed E-state index contributed by atoms with van der Waals surface area (Å²) in [5.41, 5.74) is 6.09. The van der Waals surface area contributed by atoms with Gasteiger partial charge in [0.05, 0.1) is 5.54 Å². The minimum Gasteiger partial charge on any atom is -0.328 e. The molecule has 2 rings (SSSR count). The van der Waals surface area contributed by atoms with Crippen molar-refractivity contribution in [3.8, 4) is 0 Å². The summed E-state index contributed by atoms with van der Waals surface area (Å²) in [6.45, 7) is 0.717. The third kappa shape index (κ3) is 2.23. The molecular weight excluding hydrogens is 186 g/mol. The van der Waals surface area contributed by atoms with Crippen molar-refractivity contribution < 1.29 is 0 Å². The fourth-order valence-corrected chi connectivity index (χ4v) is 2.64. The van der Waals surface area contributed by atoms with Gasteiger partial charge >= 0.3 is 0 Å². The highest BCUT2D eigenvalue weighted by Crippen LogP contribution is 2.31. The standard InChI is InChI=1S/C12H21N3/c13-11-12(15-10-6-9-14-15)7-4-2-1-3-5-8-12/h6,9-10H,1-5,7-8,11,13H2. The van der Waals surface area contributed by atoms with Gasteiger partial charge in [0.15, 0.2) is 0 Å². The number of hydrogen-bond donors (Lipinski definition) is 1. The van der Waals surface area contributed by atoms with Crippen LogP contribution in [-0.2, 0) is 5.54 Å². The first-order valence-corrected chi connectivity index (χ1v) is 6.08. The van der Waals surface area contributed by atoms with Crippen LogP contribution in [0.15, 0.2) is 18.5 Å². The highest BCUT2D eigenvalue weighted by molar-refractivity contribution is 4.92. The molecule has 84 valence electrons. The summed E-state index contributed by atoms with van der Waals surface area (Å²) in [7, 11) is 0. The van der Waals surface area contributed by atoms with Gasteiger partial charge in [-0.2, -0.15) is 5.10 Å². The number of aromatic nitrogens is 2. The van der Waals surface area contributed by atoms with Gasteiger partial charge in [-0.15, -0.1) is 0 Å². The van der Waals surface area contributed by atoms with Crippen molar-refractivity contribution >= 4 is 0 Å². The van der Waals surface area contributed by atoms with Gasteiger partial charge in [-0.1, -0.05) is 32.1 Å². The molecule has 0 radical (unpaired) electrons. The number of nitrogens with two attached hydrogens (primary N) is 1. The summed E-state index contributed by atoms with van der Waals surface area (Å²) in [5, 5.41) is 4.39. The first-order chi connectivity index (χ1) is 7.37. The molecule has 0 atom stereocenters. The Morgan fingerprint density at radius 2 is 1.80 bits per heavy atom. The lowest BCUT2D eigenvalue weighted by atomic mass is 9.84. The fourth-order valence-electron chi connectivity index (χ4n) is 2.64. The predicted octanol–water partition coefficient (Wildman–Crippen LogP) is 2.28. The summed E-state index contributed by atoms with van der Waals surface area (Å²) in [5.74, 6) is 0. The van der Waals surface area contributed by atoms with Crippen molar-refractivity contribution in [1.29, 1.82) is 0 Å². The van der Waals surface area contributed by atoms with Crippen LogP contribution in [-0.4, -0.2) is 16.3 Å². The van der Waals surface area contributed by atoms with Crippen molar-refractivity contribution in [3.05, 3.63) is 18.5 Å². The second kappa shape index (κ2) is 4.79. The van der Waals surface area contributed by atoms with E-state index in [0.717, 1.165) is 0 Å². The molecule has 0 saturated heterocycles. The first kappa shape index (κ1) is 10.7. The monoisotopic (exact) mass is 207 g/mol. The quantitative estimate of drug-likeness (QED) is 0.808. The van der Waals surface area contributed by atoms with E-state index < -0.39 is 0 Å². The van der Waals surface area contributed by atoms with E-state index in [2.05, 4.69) is 16.0 Å². The van der Waals surface area contributed by atoms with Crippen molar-refractivity contribution in [2.75, 3.05) is 6.54 Å². The smallest absolute Gasteiger partial charge is 0.0749 e. The molecule has 1 aromatic rings. The maximum Gasteiger partial charge on any atom is 0.0749 e. The molecule has 1 saturated carbocycles. The third-order valence-corrected chi connectivity index (χ3v) is 3.65. The van der Waals surface area contributed by atoms with Gasteiger partial charge in [-0.05, 0) is 18.9 Å². The van der Waals surface area contributed by atoms with Crippen molar-refractivity contribution in [1.82, 2.24) is 9.78 Å². The molecule has 0 bridgehead atoms.